The molecule has 0 radical (unpaired) electrons. The van der Waals surface area contributed by atoms with Crippen molar-refractivity contribution in [3.8, 4) is 0 Å². The highest BCUT2D eigenvalue weighted by Crippen LogP contribution is 2.09. The summed E-state index contributed by atoms with van der Waals surface area (Å²) in [5, 5.41) is 16.1. The molecule has 1 atom stereocenters. The van der Waals surface area contributed by atoms with Crippen molar-refractivity contribution in [2.75, 3.05) is 6.54 Å². The first-order chi connectivity index (χ1) is 9.00. The Bertz CT molecular complexity index is 390. The maximum absolute atomic E-state index is 10.5. The first-order valence-electron chi connectivity index (χ1n) is 6.81. The number of nitrogens with zero attached hydrogens (tertiary/aromatic N) is 3. The van der Waals surface area contributed by atoms with E-state index >= 15 is 0 Å². The van der Waals surface area contributed by atoms with Crippen LogP contribution in [0.2, 0.25) is 0 Å². The van der Waals surface area contributed by atoms with Gasteiger partial charge in [0.25, 0.3) is 0 Å². The maximum Gasteiger partial charge on any atom is 0.303 e. The Labute approximate surface area is 114 Å². The molecule has 0 saturated carbocycles. The molecule has 0 aliphatic rings. The van der Waals surface area contributed by atoms with Crippen LogP contribution >= 0.6 is 0 Å². The lowest BCUT2D eigenvalue weighted by Gasteiger charge is -2.12. The van der Waals surface area contributed by atoms with E-state index in [1.165, 1.54) is 0 Å². The Morgan fingerprint density at radius 1 is 1.42 bits per heavy atom. The predicted octanol–water partition coefficient (Wildman–Crippen LogP) is 1.84. The minimum Gasteiger partial charge on any atom is -0.481 e. The fourth-order valence-corrected chi connectivity index (χ4v) is 1.89. The van der Waals surface area contributed by atoms with E-state index in [2.05, 4.69) is 36.2 Å². The number of hydrogen-bond donors (Lipinski definition) is 2. The molecule has 1 aromatic heterocycles. The van der Waals surface area contributed by atoms with Gasteiger partial charge in [-0.2, -0.15) is 5.10 Å². The van der Waals surface area contributed by atoms with Gasteiger partial charge in [0, 0.05) is 12.5 Å². The van der Waals surface area contributed by atoms with Crippen molar-refractivity contribution >= 4 is 5.97 Å². The third-order valence-corrected chi connectivity index (χ3v) is 3.08. The molecule has 108 valence electrons. The highest BCUT2D eigenvalue weighted by Gasteiger charge is 2.08. The second kappa shape index (κ2) is 7.89. The number of nitrogens with one attached hydrogen (secondary N) is 1. The van der Waals surface area contributed by atoms with Crippen LogP contribution in [0.15, 0.2) is 6.33 Å². The standard InChI is InChI=1S/C13H24N4O2/c1-10(2)17-12(15-9-16-17)8-14-7-6-11(3)4-5-13(18)19/h9-11,14H,4-8H2,1-3H3,(H,18,19). The second-order valence-electron chi connectivity index (χ2n) is 5.22. The molecule has 1 unspecified atom stereocenters. The van der Waals surface area contributed by atoms with E-state index in [1.807, 2.05) is 4.68 Å². The largest absolute Gasteiger partial charge is 0.481 e. The molecule has 0 bridgehead atoms. The fourth-order valence-electron chi connectivity index (χ4n) is 1.89. The molecular formula is C13H24N4O2. The molecule has 19 heavy (non-hydrogen) atoms. The highest BCUT2D eigenvalue weighted by molar-refractivity contribution is 5.66. The minimum atomic E-state index is -0.718. The summed E-state index contributed by atoms with van der Waals surface area (Å²) in [7, 11) is 0. The van der Waals surface area contributed by atoms with Crippen molar-refractivity contribution in [2.24, 2.45) is 5.92 Å². The van der Waals surface area contributed by atoms with Gasteiger partial charge < -0.3 is 10.4 Å². The molecule has 0 spiro atoms. The smallest absolute Gasteiger partial charge is 0.303 e. The van der Waals surface area contributed by atoms with Crippen LogP contribution in [-0.2, 0) is 11.3 Å². The lowest BCUT2D eigenvalue weighted by molar-refractivity contribution is -0.137. The van der Waals surface area contributed by atoms with Crippen LogP contribution < -0.4 is 5.32 Å². The molecule has 2 N–H and O–H groups in total. The van der Waals surface area contributed by atoms with Crippen LogP contribution in [0, 0.1) is 5.92 Å². The Hall–Kier alpha value is -1.43. The van der Waals surface area contributed by atoms with Crippen molar-refractivity contribution in [1.82, 2.24) is 20.1 Å². The third-order valence-electron chi connectivity index (χ3n) is 3.08. The van der Waals surface area contributed by atoms with Crippen LogP contribution in [0.25, 0.3) is 0 Å². The molecule has 0 saturated heterocycles. The molecule has 0 fully saturated rings. The Balaban J connectivity index is 2.20. The van der Waals surface area contributed by atoms with Gasteiger partial charge in [0.1, 0.15) is 12.2 Å². The number of carboxylic acid groups (broad SMARTS) is 1. The zero-order valence-corrected chi connectivity index (χ0v) is 12.0. The monoisotopic (exact) mass is 268 g/mol. The molecule has 0 aliphatic heterocycles. The maximum atomic E-state index is 10.5. The summed E-state index contributed by atoms with van der Waals surface area (Å²) in [5.41, 5.74) is 0. The van der Waals surface area contributed by atoms with Crippen molar-refractivity contribution in [1.29, 1.82) is 0 Å². The third kappa shape index (κ3) is 5.83. The Morgan fingerprint density at radius 3 is 2.79 bits per heavy atom. The second-order valence-corrected chi connectivity index (χ2v) is 5.22. The van der Waals surface area contributed by atoms with E-state index in [0.717, 1.165) is 25.2 Å². The van der Waals surface area contributed by atoms with Crippen molar-refractivity contribution in [3.05, 3.63) is 12.2 Å². The van der Waals surface area contributed by atoms with Gasteiger partial charge in [0.2, 0.25) is 0 Å². The van der Waals surface area contributed by atoms with Crippen molar-refractivity contribution in [3.63, 3.8) is 0 Å². The minimum absolute atomic E-state index is 0.253. The zero-order valence-electron chi connectivity index (χ0n) is 12.0. The zero-order chi connectivity index (χ0) is 14.3. The van der Waals surface area contributed by atoms with Crippen LogP contribution in [-0.4, -0.2) is 32.4 Å². The SMILES string of the molecule is CC(CCNCc1ncnn1C(C)C)CCC(=O)O. The van der Waals surface area contributed by atoms with Gasteiger partial charge in [-0.1, -0.05) is 6.92 Å². The molecular weight excluding hydrogens is 244 g/mol. The number of aromatic nitrogens is 3. The van der Waals surface area contributed by atoms with Crippen LogP contribution in [0.3, 0.4) is 0 Å². The summed E-state index contributed by atoms with van der Waals surface area (Å²) in [5.74, 6) is 0.643. The summed E-state index contributed by atoms with van der Waals surface area (Å²) in [6.07, 6.45) is 3.54. The molecule has 1 rings (SSSR count). The average molecular weight is 268 g/mol. The summed E-state index contributed by atoms with van der Waals surface area (Å²) >= 11 is 0. The van der Waals surface area contributed by atoms with Gasteiger partial charge in [-0.15, -0.1) is 0 Å². The Kier molecular flexibility index (Phi) is 6.49. The predicted molar refractivity (Wildman–Crippen MR) is 72.8 cm³/mol. The van der Waals surface area contributed by atoms with E-state index < -0.39 is 5.97 Å². The van der Waals surface area contributed by atoms with E-state index in [4.69, 9.17) is 5.11 Å². The van der Waals surface area contributed by atoms with E-state index in [0.29, 0.717) is 18.5 Å². The lowest BCUT2D eigenvalue weighted by Crippen LogP contribution is -2.21. The summed E-state index contributed by atoms with van der Waals surface area (Å²) in [4.78, 5) is 14.7. The first-order valence-corrected chi connectivity index (χ1v) is 6.81. The first kappa shape index (κ1) is 15.6. The average Bonchev–Trinajstić information content (AvgIpc) is 2.80. The van der Waals surface area contributed by atoms with Crippen LogP contribution in [0.4, 0.5) is 0 Å². The summed E-state index contributed by atoms with van der Waals surface area (Å²) in [6, 6.07) is 0.314. The van der Waals surface area contributed by atoms with Crippen LogP contribution in [0.1, 0.15) is 51.9 Å². The number of hydrogen-bond acceptors (Lipinski definition) is 4. The number of rotatable bonds is 9. The van der Waals surface area contributed by atoms with E-state index in [1.54, 1.807) is 6.33 Å². The molecule has 1 heterocycles. The van der Waals surface area contributed by atoms with E-state index in [-0.39, 0.29) is 6.42 Å². The molecule has 0 amide bonds. The van der Waals surface area contributed by atoms with Crippen molar-refractivity contribution in [2.45, 2.75) is 52.6 Å². The van der Waals surface area contributed by atoms with Crippen molar-refractivity contribution < 1.29 is 9.90 Å². The van der Waals surface area contributed by atoms with E-state index in [9.17, 15) is 4.79 Å². The van der Waals surface area contributed by atoms with Gasteiger partial charge in [-0.25, -0.2) is 9.67 Å². The lowest BCUT2D eigenvalue weighted by atomic mass is 10.0. The Morgan fingerprint density at radius 2 is 2.16 bits per heavy atom. The molecule has 6 heteroatoms. The van der Waals surface area contributed by atoms with Crippen LogP contribution in [0.5, 0.6) is 0 Å². The topological polar surface area (TPSA) is 80.0 Å². The summed E-state index contributed by atoms with van der Waals surface area (Å²) in [6.45, 7) is 7.80. The molecule has 0 aromatic carbocycles. The number of aliphatic carboxylic acids is 1. The summed E-state index contributed by atoms with van der Waals surface area (Å²) < 4.78 is 1.90. The van der Waals surface area contributed by atoms with Gasteiger partial charge in [-0.05, 0) is 39.2 Å². The number of carbonyl (C=O) groups is 1. The van der Waals surface area contributed by atoms with Gasteiger partial charge in [-0.3, -0.25) is 4.79 Å². The molecule has 6 nitrogen and oxygen atoms in total. The van der Waals surface area contributed by atoms with Gasteiger partial charge in [0.05, 0.1) is 6.54 Å². The normalized spacial score (nSPS) is 12.8. The van der Waals surface area contributed by atoms with Gasteiger partial charge in [0.15, 0.2) is 0 Å². The fraction of sp³-hybridized carbons (Fsp3) is 0.769. The molecule has 0 aliphatic carbocycles. The quantitative estimate of drug-likeness (QED) is 0.668. The van der Waals surface area contributed by atoms with Gasteiger partial charge >= 0.3 is 5.97 Å². The highest BCUT2D eigenvalue weighted by atomic mass is 16.4. The molecule has 1 aromatic rings. The number of carboxylic acids is 1.